The van der Waals surface area contributed by atoms with Crippen LogP contribution in [0.4, 0.5) is 4.39 Å². The molecule has 0 radical (unpaired) electrons. The molecule has 3 rings (SSSR count). The highest BCUT2D eigenvalue weighted by Gasteiger charge is 2.20. The molecule has 1 heterocycles. The van der Waals surface area contributed by atoms with Crippen LogP contribution >= 0.6 is 11.6 Å². The van der Waals surface area contributed by atoms with Gasteiger partial charge in [0.25, 0.3) is 0 Å². The van der Waals surface area contributed by atoms with E-state index in [0.29, 0.717) is 16.6 Å². The molecule has 0 saturated heterocycles. The van der Waals surface area contributed by atoms with E-state index in [9.17, 15) is 4.39 Å². The van der Waals surface area contributed by atoms with Crippen molar-refractivity contribution in [1.29, 1.82) is 0 Å². The monoisotopic (exact) mass is 280 g/mol. The summed E-state index contributed by atoms with van der Waals surface area (Å²) in [5, 5.41) is 4.62. The predicted molar refractivity (Wildman–Crippen MR) is 71.4 cm³/mol. The highest BCUT2D eigenvalue weighted by atomic mass is 35.5. The van der Waals surface area contributed by atoms with Gasteiger partial charge in [0.05, 0.1) is 18.0 Å². The van der Waals surface area contributed by atoms with Crippen molar-refractivity contribution in [2.24, 2.45) is 0 Å². The maximum absolute atomic E-state index is 12.9. The first-order valence-corrected chi connectivity index (χ1v) is 6.78. The van der Waals surface area contributed by atoms with Crippen LogP contribution in [-0.2, 0) is 0 Å². The minimum absolute atomic E-state index is 0.239. The summed E-state index contributed by atoms with van der Waals surface area (Å²) in [7, 11) is 0. The third kappa shape index (κ3) is 2.59. The Morgan fingerprint density at radius 1 is 1.21 bits per heavy atom. The van der Waals surface area contributed by atoms with E-state index < -0.39 is 0 Å². The zero-order valence-corrected chi connectivity index (χ0v) is 11.1. The van der Waals surface area contributed by atoms with E-state index in [1.807, 2.05) is 0 Å². The molecule has 1 aromatic heterocycles. The molecule has 0 N–H and O–H groups in total. The maximum atomic E-state index is 12.9. The van der Waals surface area contributed by atoms with E-state index in [4.69, 9.17) is 16.3 Å². The Labute approximate surface area is 115 Å². The molecule has 1 aliphatic rings. The van der Waals surface area contributed by atoms with Crippen LogP contribution in [0.25, 0.3) is 5.69 Å². The van der Waals surface area contributed by atoms with Crippen molar-refractivity contribution < 1.29 is 9.13 Å². The number of hydrogen-bond acceptors (Lipinski definition) is 2. The predicted octanol–water partition coefficient (Wildman–Crippen LogP) is 3.99. The molecule has 1 aromatic carbocycles. The van der Waals surface area contributed by atoms with Crippen LogP contribution in [0.15, 0.2) is 30.5 Å². The van der Waals surface area contributed by atoms with Gasteiger partial charge < -0.3 is 4.74 Å². The number of rotatable bonds is 3. The lowest BCUT2D eigenvalue weighted by molar-refractivity contribution is 0.210. The number of benzene rings is 1. The van der Waals surface area contributed by atoms with Gasteiger partial charge in [-0.1, -0.05) is 11.6 Å². The van der Waals surface area contributed by atoms with E-state index in [-0.39, 0.29) is 11.9 Å². The molecule has 0 spiro atoms. The molecule has 1 saturated carbocycles. The van der Waals surface area contributed by atoms with Crippen molar-refractivity contribution in [2.75, 3.05) is 0 Å². The summed E-state index contributed by atoms with van der Waals surface area (Å²) in [6.45, 7) is 0. The first-order valence-electron chi connectivity index (χ1n) is 6.40. The Morgan fingerprint density at radius 2 is 1.89 bits per heavy atom. The van der Waals surface area contributed by atoms with Crippen molar-refractivity contribution in [2.45, 2.75) is 31.8 Å². The summed E-state index contributed by atoms with van der Waals surface area (Å²) in [6, 6.07) is 6.02. The van der Waals surface area contributed by atoms with Crippen LogP contribution in [0, 0.1) is 5.82 Å². The summed E-state index contributed by atoms with van der Waals surface area (Å²) in [5.41, 5.74) is 0.715. The molecule has 2 aromatic rings. The molecule has 0 amide bonds. The Hall–Kier alpha value is -1.55. The SMILES string of the molecule is Fc1ccc(-n2ncc(OC3CCCC3)c2Cl)cc1. The van der Waals surface area contributed by atoms with E-state index in [2.05, 4.69) is 5.10 Å². The smallest absolute Gasteiger partial charge is 0.177 e. The number of hydrogen-bond donors (Lipinski definition) is 0. The van der Waals surface area contributed by atoms with Gasteiger partial charge in [0.1, 0.15) is 5.82 Å². The van der Waals surface area contributed by atoms with Crippen molar-refractivity contribution in [3.63, 3.8) is 0 Å². The molecule has 5 heteroatoms. The molecule has 0 unspecified atom stereocenters. The Balaban J connectivity index is 1.83. The Morgan fingerprint density at radius 3 is 2.58 bits per heavy atom. The van der Waals surface area contributed by atoms with Gasteiger partial charge in [-0.05, 0) is 49.9 Å². The number of aromatic nitrogens is 2. The quantitative estimate of drug-likeness (QED) is 0.850. The molecule has 1 aliphatic carbocycles. The molecular formula is C14H14ClFN2O. The molecule has 0 aliphatic heterocycles. The average Bonchev–Trinajstić information content (AvgIpc) is 3.03. The summed E-state index contributed by atoms with van der Waals surface area (Å²) >= 11 is 6.26. The minimum Gasteiger partial charge on any atom is -0.485 e. The van der Waals surface area contributed by atoms with Gasteiger partial charge in [0.2, 0.25) is 0 Å². The summed E-state index contributed by atoms with van der Waals surface area (Å²) in [6.07, 6.45) is 6.39. The Kier molecular flexibility index (Phi) is 3.42. The second kappa shape index (κ2) is 5.21. The van der Waals surface area contributed by atoms with E-state index in [0.717, 1.165) is 12.8 Å². The summed E-state index contributed by atoms with van der Waals surface area (Å²) in [4.78, 5) is 0. The van der Waals surface area contributed by atoms with Crippen molar-refractivity contribution >= 4 is 11.6 Å². The van der Waals surface area contributed by atoms with E-state index >= 15 is 0 Å². The van der Waals surface area contributed by atoms with E-state index in [1.165, 1.54) is 25.0 Å². The normalized spacial score (nSPS) is 15.9. The van der Waals surface area contributed by atoms with Gasteiger partial charge in [-0.2, -0.15) is 5.10 Å². The highest BCUT2D eigenvalue weighted by Crippen LogP contribution is 2.31. The lowest BCUT2D eigenvalue weighted by atomic mass is 10.3. The zero-order valence-electron chi connectivity index (χ0n) is 10.4. The van der Waals surface area contributed by atoms with Gasteiger partial charge in [-0.15, -0.1) is 0 Å². The fourth-order valence-corrected chi connectivity index (χ4v) is 2.58. The fraction of sp³-hybridized carbons (Fsp3) is 0.357. The largest absolute Gasteiger partial charge is 0.485 e. The first-order chi connectivity index (χ1) is 9.24. The molecule has 19 heavy (non-hydrogen) atoms. The molecule has 1 fully saturated rings. The fourth-order valence-electron chi connectivity index (χ4n) is 2.35. The highest BCUT2D eigenvalue weighted by molar-refractivity contribution is 6.31. The van der Waals surface area contributed by atoms with Crippen molar-refractivity contribution in [3.8, 4) is 11.4 Å². The van der Waals surface area contributed by atoms with Crippen LogP contribution in [0.3, 0.4) is 0 Å². The van der Waals surface area contributed by atoms with Gasteiger partial charge in [-0.3, -0.25) is 0 Å². The molecule has 0 atom stereocenters. The van der Waals surface area contributed by atoms with Crippen LogP contribution in [0.1, 0.15) is 25.7 Å². The van der Waals surface area contributed by atoms with Gasteiger partial charge >= 0.3 is 0 Å². The third-order valence-corrected chi connectivity index (χ3v) is 3.69. The van der Waals surface area contributed by atoms with Gasteiger partial charge in [-0.25, -0.2) is 9.07 Å². The molecule has 0 bridgehead atoms. The van der Waals surface area contributed by atoms with E-state index in [1.54, 1.807) is 23.0 Å². The van der Waals surface area contributed by atoms with Crippen LogP contribution in [0.2, 0.25) is 5.15 Å². The molecule has 100 valence electrons. The van der Waals surface area contributed by atoms with Crippen molar-refractivity contribution in [3.05, 3.63) is 41.4 Å². The molecule has 3 nitrogen and oxygen atoms in total. The van der Waals surface area contributed by atoms with Gasteiger partial charge in [0, 0.05) is 0 Å². The zero-order chi connectivity index (χ0) is 13.2. The Bertz CT molecular complexity index is 561. The number of nitrogens with zero attached hydrogens (tertiary/aromatic N) is 2. The van der Waals surface area contributed by atoms with Crippen molar-refractivity contribution in [1.82, 2.24) is 9.78 Å². The first kappa shape index (κ1) is 12.5. The molecular weight excluding hydrogens is 267 g/mol. The third-order valence-electron chi connectivity index (χ3n) is 3.35. The standard InChI is InChI=1S/C14H14ClFN2O/c15-14-13(19-12-3-1-2-4-12)9-17-18(14)11-7-5-10(16)6-8-11/h5-9,12H,1-4H2. The van der Waals surface area contributed by atoms with Gasteiger partial charge in [0.15, 0.2) is 10.9 Å². The lowest BCUT2D eigenvalue weighted by Crippen LogP contribution is -2.10. The number of halogens is 2. The number of ether oxygens (including phenoxy) is 1. The second-order valence-electron chi connectivity index (χ2n) is 4.71. The lowest BCUT2D eigenvalue weighted by Gasteiger charge is -2.11. The summed E-state index contributed by atoms with van der Waals surface area (Å²) in [5.74, 6) is 0.312. The average molecular weight is 281 g/mol. The summed E-state index contributed by atoms with van der Waals surface area (Å²) < 4.78 is 20.3. The van der Waals surface area contributed by atoms with Crippen LogP contribution < -0.4 is 4.74 Å². The van der Waals surface area contributed by atoms with Crippen LogP contribution in [-0.4, -0.2) is 15.9 Å². The maximum Gasteiger partial charge on any atom is 0.177 e. The van der Waals surface area contributed by atoms with Crippen LogP contribution in [0.5, 0.6) is 5.75 Å². The topological polar surface area (TPSA) is 27.1 Å². The minimum atomic E-state index is -0.283. The second-order valence-corrected chi connectivity index (χ2v) is 5.07.